The number of hydrogen-bond donors (Lipinski definition) is 2. The van der Waals surface area contributed by atoms with Crippen molar-refractivity contribution in [2.24, 2.45) is 0 Å². The third-order valence-electron chi connectivity index (χ3n) is 2.48. The van der Waals surface area contributed by atoms with Crippen LogP contribution in [0.1, 0.15) is 25.8 Å². The van der Waals surface area contributed by atoms with E-state index in [4.69, 9.17) is 5.11 Å². The lowest BCUT2D eigenvalue weighted by Gasteiger charge is -2.14. The lowest BCUT2D eigenvalue weighted by Crippen LogP contribution is -2.38. The van der Waals surface area contributed by atoms with Crippen LogP contribution in [0.4, 0.5) is 0 Å². The molecule has 0 fully saturated rings. The number of carbonyl (C=O) groups excluding carboxylic acids is 1. The highest BCUT2D eigenvalue weighted by Crippen LogP contribution is 2.04. The summed E-state index contributed by atoms with van der Waals surface area (Å²) in [6.45, 7) is 3.42. The minimum Gasteiger partial charge on any atom is -0.384 e. The van der Waals surface area contributed by atoms with Gasteiger partial charge in [0.1, 0.15) is 6.10 Å². The Labute approximate surface area is 96.5 Å². The lowest BCUT2D eigenvalue weighted by atomic mass is 10.1. The first-order valence-electron chi connectivity index (χ1n) is 5.62. The fourth-order valence-electron chi connectivity index (χ4n) is 1.46. The topological polar surface area (TPSA) is 49.3 Å². The third kappa shape index (κ3) is 4.45. The van der Waals surface area contributed by atoms with Crippen molar-refractivity contribution in [2.75, 3.05) is 0 Å². The minimum atomic E-state index is -0.931. The summed E-state index contributed by atoms with van der Waals surface area (Å²) in [6, 6.07) is 10.2. The van der Waals surface area contributed by atoms with Crippen LogP contribution in [0.25, 0.3) is 0 Å². The molecule has 3 heteroatoms. The smallest absolute Gasteiger partial charge is 0.248 e. The average Bonchev–Trinajstić information content (AvgIpc) is 2.27. The first-order valence-corrected chi connectivity index (χ1v) is 5.62. The molecular weight excluding hydrogens is 202 g/mol. The Balaban J connectivity index is 2.30. The van der Waals surface area contributed by atoms with Crippen molar-refractivity contribution < 1.29 is 9.90 Å². The van der Waals surface area contributed by atoms with Gasteiger partial charge in [-0.05, 0) is 32.3 Å². The van der Waals surface area contributed by atoms with Gasteiger partial charge in [-0.25, -0.2) is 0 Å². The van der Waals surface area contributed by atoms with E-state index in [2.05, 4.69) is 17.4 Å². The van der Waals surface area contributed by atoms with Crippen molar-refractivity contribution in [3.8, 4) is 0 Å². The highest BCUT2D eigenvalue weighted by molar-refractivity contribution is 5.80. The van der Waals surface area contributed by atoms with Crippen molar-refractivity contribution in [1.82, 2.24) is 5.32 Å². The summed E-state index contributed by atoms with van der Waals surface area (Å²) < 4.78 is 0. The van der Waals surface area contributed by atoms with Crippen molar-refractivity contribution in [3.63, 3.8) is 0 Å². The van der Waals surface area contributed by atoms with Crippen molar-refractivity contribution in [2.45, 2.75) is 38.8 Å². The molecule has 16 heavy (non-hydrogen) atoms. The van der Waals surface area contributed by atoms with Crippen LogP contribution in [0, 0.1) is 0 Å². The molecule has 0 bridgehead atoms. The molecule has 1 aromatic rings. The summed E-state index contributed by atoms with van der Waals surface area (Å²) in [5.74, 6) is -0.305. The van der Waals surface area contributed by atoms with Crippen molar-refractivity contribution in [1.29, 1.82) is 0 Å². The molecular formula is C13H19NO2. The molecule has 0 aliphatic carbocycles. The molecule has 0 saturated heterocycles. The quantitative estimate of drug-likeness (QED) is 0.791. The maximum atomic E-state index is 11.2. The van der Waals surface area contributed by atoms with Gasteiger partial charge in [0.25, 0.3) is 0 Å². The van der Waals surface area contributed by atoms with Gasteiger partial charge in [-0.3, -0.25) is 4.79 Å². The SMILES string of the molecule is C[C@H](CCc1ccccc1)NC(=O)[C@H](C)O. The predicted octanol–water partition coefficient (Wildman–Crippen LogP) is 1.50. The second kappa shape index (κ2) is 6.28. The Bertz CT molecular complexity index is 322. The predicted molar refractivity (Wildman–Crippen MR) is 64.0 cm³/mol. The maximum Gasteiger partial charge on any atom is 0.248 e. The van der Waals surface area contributed by atoms with Crippen LogP contribution in [0.3, 0.4) is 0 Å². The Morgan fingerprint density at radius 1 is 1.31 bits per heavy atom. The summed E-state index contributed by atoms with van der Waals surface area (Å²) in [6.07, 6.45) is 0.879. The highest BCUT2D eigenvalue weighted by atomic mass is 16.3. The molecule has 0 unspecified atom stereocenters. The molecule has 0 saturated carbocycles. The van der Waals surface area contributed by atoms with Crippen molar-refractivity contribution in [3.05, 3.63) is 35.9 Å². The van der Waals surface area contributed by atoms with E-state index in [9.17, 15) is 4.79 Å². The summed E-state index contributed by atoms with van der Waals surface area (Å²) >= 11 is 0. The molecule has 3 nitrogen and oxygen atoms in total. The fraction of sp³-hybridized carbons (Fsp3) is 0.462. The standard InChI is InChI=1S/C13H19NO2/c1-10(14-13(16)11(2)15)8-9-12-6-4-3-5-7-12/h3-7,10-11,15H,8-9H2,1-2H3,(H,14,16)/t10-,11+/m1/s1. The van der Waals surface area contributed by atoms with Gasteiger partial charge in [-0.2, -0.15) is 0 Å². The van der Waals surface area contributed by atoms with E-state index < -0.39 is 6.10 Å². The fourth-order valence-corrected chi connectivity index (χ4v) is 1.46. The summed E-state index contributed by atoms with van der Waals surface area (Å²) in [5, 5.41) is 11.8. The molecule has 0 radical (unpaired) electrons. The van der Waals surface area contributed by atoms with E-state index in [1.807, 2.05) is 25.1 Å². The lowest BCUT2D eigenvalue weighted by molar-refractivity contribution is -0.129. The highest BCUT2D eigenvalue weighted by Gasteiger charge is 2.11. The molecule has 2 N–H and O–H groups in total. The zero-order valence-electron chi connectivity index (χ0n) is 9.81. The number of nitrogens with one attached hydrogen (secondary N) is 1. The number of aliphatic hydroxyl groups is 1. The van der Waals surface area contributed by atoms with Crippen LogP contribution in [0.5, 0.6) is 0 Å². The van der Waals surface area contributed by atoms with Crippen LogP contribution in [-0.4, -0.2) is 23.2 Å². The Morgan fingerprint density at radius 3 is 2.50 bits per heavy atom. The largest absolute Gasteiger partial charge is 0.384 e. The van der Waals surface area contributed by atoms with Gasteiger partial charge in [-0.15, -0.1) is 0 Å². The molecule has 0 aromatic heterocycles. The van der Waals surface area contributed by atoms with Gasteiger partial charge in [0.05, 0.1) is 0 Å². The molecule has 1 aromatic carbocycles. The molecule has 1 amide bonds. The van der Waals surface area contributed by atoms with E-state index in [-0.39, 0.29) is 11.9 Å². The molecule has 88 valence electrons. The minimum absolute atomic E-state index is 0.0855. The van der Waals surface area contributed by atoms with E-state index in [0.29, 0.717) is 0 Å². The molecule has 0 aliphatic heterocycles. The van der Waals surface area contributed by atoms with Gasteiger partial charge in [0, 0.05) is 6.04 Å². The Morgan fingerprint density at radius 2 is 1.94 bits per heavy atom. The molecule has 0 aliphatic rings. The van der Waals surface area contributed by atoms with Crippen LogP contribution >= 0.6 is 0 Å². The molecule has 0 heterocycles. The first-order chi connectivity index (χ1) is 7.59. The number of hydrogen-bond acceptors (Lipinski definition) is 2. The summed E-state index contributed by atoms with van der Waals surface area (Å²) in [5.41, 5.74) is 1.26. The molecule has 1 rings (SSSR count). The second-order valence-electron chi connectivity index (χ2n) is 4.11. The van der Waals surface area contributed by atoms with Crippen LogP contribution < -0.4 is 5.32 Å². The van der Waals surface area contributed by atoms with Gasteiger partial charge >= 0.3 is 0 Å². The third-order valence-corrected chi connectivity index (χ3v) is 2.48. The zero-order chi connectivity index (χ0) is 12.0. The zero-order valence-corrected chi connectivity index (χ0v) is 9.81. The van der Waals surface area contributed by atoms with Gasteiger partial charge in [0.2, 0.25) is 5.91 Å². The average molecular weight is 221 g/mol. The normalized spacial score (nSPS) is 14.2. The molecule has 2 atom stereocenters. The molecule has 0 spiro atoms. The van der Waals surface area contributed by atoms with Crippen LogP contribution in [-0.2, 0) is 11.2 Å². The van der Waals surface area contributed by atoms with Gasteiger partial charge < -0.3 is 10.4 Å². The maximum absolute atomic E-state index is 11.2. The summed E-state index contributed by atoms with van der Waals surface area (Å²) in [7, 11) is 0. The summed E-state index contributed by atoms with van der Waals surface area (Å²) in [4.78, 5) is 11.2. The number of aryl methyl sites for hydroxylation is 1. The number of amides is 1. The Hall–Kier alpha value is -1.35. The van der Waals surface area contributed by atoms with Gasteiger partial charge in [-0.1, -0.05) is 30.3 Å². The number of carbonyl (C=O) groups is 1. The second-order valence-corrected chi connectivity index (χ2v) is 4.11. The monoisotopic (exact) mass is 221 g/mol. The van der Waals surface area contributed by atoms with E-state index in [1.54, 1.807) is 0 Å². The number of aliphatic hydroxyl groups excluding tert-OH is 1. The number of benzene rings is 1. The van der Waals surface area contributed by atoms with Crippen LogP contribution in [0.2, 0.25) is 0 Å². The first kappa shape index (κ1) is 12.7. The van der Waals surface area contributed by atoms with Crippen LogP contribution in [0.15, 0.2) is 30.3 Å². The van der Waals surface area contributed by atoms with Crippen molar-refractivity contribution >= 4 is 5.91 Å². The van der Waals surface area contributed by atoms with E-state index in [0.717, 1.165) is 12.8 Å². The van der Waals surface area contributed by atoms with E-state index in [1.165, 1.54) is 12.5 Å². The van der Waals surface area contributed by atoms with Gasteiger partial charge in [0.15, 0.2) is 0 Å². The Kier molecular flexibility index (Phi) is 4.99. The van der Waals surface area contributed by atoms with E-state index >= 15 is 0 Å². The number of rotatable bonds is 5.